The predicted octanol–water partition coefficient (Wildman–Crippen LogP) is 2.90. The number of hydrogen-bond acceptors (Lipinski definition) is 4. The summed E-state index contributed by atoms with van der Waals surface area (Å²) in [6.45, 7) is 4.62. The lowest BCUT2D eigenvalue weighted by Crippen LogP contribution is -2.11. The minimum absolute atomic E-state index is 0.149. The van der Waals surface area contributed by atoms with Gasteiger partial charge in [-0.25, -0.2) is 4.98 Å². The number of nitrogens with zero attached hydrogens (tertiary/aromatic N) is 1. The Balaban J connectivity index is 2.16. The van der Waals surface area contributed by atoms with E-state index < -0.39 is 0 Å². The second-order valence-electron chi connectivity index (χ2n) is 3.81. The summed E-state index contributed by atoms with van der Waals surface area (Å²) in [5, 5.41) is 2.97. The Labute approximate surface area is 105 Å². The third-order valence-electron chi connectivity index (χ3n) is 2.45. The van der Waals surface area contributed by atoms with E-state index in [9.17, 15) is 0 Å². The van der Waals surface area contributed by atoms with E-state index in [4.69, 9.17) is 10.5 Å². The van der Waals surface area contributed by atoms with Crippen LogP contribution in [0.2, 0.25) is 0 Å². The van der Waals surface area contributed by atoms with Gasteiger partial charge in [0.2, 0.25) is 0 Å². The van der Waals surface area contributed by atoms with Gasteiger partial charge in [0.25, 0.3) is 0 Å². The van der Waals surface area contributed by atoms with E-state index in [1.807, 2.05) is 43.5 Å². The van der Waals surface area contributed by atoms with Crippen LogP contribution in [0.25, 0.3) is 0 Å². The molecule has 0 aliphatic heterocycles. The maximum atomic E-state index is 6.16. The summed E-state index contributed by atoms with van der Waals surface area (Å²) in [6, 6.07) is 7.72. The molecule has 0 fully saturated rings. The molecular formula is C13H16N2OS. The number of ether oxygens (including phenoxy) is 1. The number of aromatic nitrogens is 1. The number of rotatable bonds is 4. The van der Waals surface area contributed by atoms with Crippen molar-refractivity contribution in [3.63, 3.8) is 0 Å². The minimum Gasteiger partial charge on any atom is -0.494 e. The zero-order chi connectivity index (χ0) is 12.3. The Hall–Kier alpha value is -1.39. The largest absolute Gasteiger partial charge is 0.494 e. The summed E-state index contributed by atoms with van der Waals surface area (Å²) >= 11 is 1.60. The van der Waals surface area contributed by atoms with Gasteiger partial charge < -0.3 is 10.5 Å². The molecule has 1 heterocycles. The van der Waals surface area contributed by atoms with Gasteiger partial charge in [-0.2, -0.15) is 0 Å². The first-order valence-electron chi connectivity index (χ1n) is 5.61. The van der Waals surface area contributed by atoms with Crippen molar-refractivity contribution < 1.29 is 4.74 Å². The van der Waals surface area contributed by atoms with E-state index in [2.05, 4.69) is 4.98 Å². The third kappa shape index (κ3) is 2.84. The van der Waals surface area contributed by atoms with Gasteiger partial charge >= 0.3 is 0 Å². The van der Waals surface area contributed by atoms with Gasteiger partial charge in [-0.3, -0.25) is 0 Å². The molecule has 2 N–H and O–H groups in total. The fraction of sp³-hybridized carbons (Fsp3) is 0.308. The molecule has 4 heteroatoms. The average Bonchev–Trinajstić information content (AvgIpc) is 2.76. The summed E-state index contributed by atoms with van der Waals surface area (Å²) in [6.07, 6.45) is 0. The molecule has 3 nitrogen and oxygen atoms in total. The topological polar surface area (TPSA) is 48.1 Å². The van der Waals surface area contributed by atoms with Crippen molar-refractivity contribution in [2.75, 3.05) is 6.61 Å². The van der Waals surface area contributed by atoms with E-state index in [0.717, 1.165) is 22.0 Å². The molecule has 1 aromatic carbocycles. The van der Waals surface area contributed by atoms with Crippen LogP contribution in [0.5, 0.6) is 5.75 Å². The van der Waals surface area contributed by atoms with E-state index in [0.29, 0.717) is 6.61 Å². The van der Waals surface area contributed by atoms with Crippen LogP contribution in [0.1, 0.15) is 29.2 Å². The fourth-order valence-electron chi connectivity index (χ4n) is 1.60. The standard InChI is InChI=1S/C13H16N2OS/c1-3-16-11-6-4-10(5-7-11)12(14)13-15-9(2)8-17-13/h4-8,12H,3,14H2,1-2H3. The van der Waals surface area contributed by atoms with Crippen molar-refractivity contribution in [1.29, 1.82) is 0 Å². The van der Waals surface area contributed by atoms with Crippen LogP contribution >= 0.6 is 11.3 Å². The Morgan fingerprint density at radius 1 is 1.35 bits per heavy atom. The first-order valence-corrected chi connectivity index (χ1v) is 6.49. The van der Waals surface area contributed by atoms with Crippen LogP contribution in [0.15, 0.2) is 29.6 Å². The molecule has 0 amide bonds. The zero-order valence-electron chi connectivity index (χ0n) is 10.0. The molecule has 17 heavy (non-hydrogen) atoms. The van der Waals surface area contributed by atoms with E-state index in [1.165, 1.54) is 0 Å². The highest BCUT2D eigenvalue weighted by Crippen LogP contribution is 2.24. The Bertz CT molecular complexity index is 478. The Morgan fingerprint density at radius 3 is 2.59 bits per heavy atom. The summed E-state index contributed by atoms with van der Waals surface area (Å²) < 4.78 is 5.40. The Morgan fingerprint density at radius 2 is 2.06 bits per heavy atom. The van der Waals surface area contributed by atoms with Gasteiger partial charge in [-0.1, -0.05) is 12.1 Å². The van der Waals surface area contributed by atoms with Crippen molar-refractivity contribution in [1.82, 2.24) is 4.98 Å². The number of thiazole rings is 1. The molecule has 2 aromatic rings. The van der Waals surface area contributed by atoms with E-state index >= 15 is 0 Å². The molecule has 0 bridgehead atoms. The number of nitrogens with two attached hydrogens (primary N) is 1. The summed E-state index contributed by atoms with van der Waals surface area (Å²) in [4.78, 5) is 4.41. The minimum atomic E-state index is -0.149. The van der Waals surface area contributed by atoms with Gasteiger partial charge in [0, 0.05) is 11.1 Å². The molecule has 90 valence electrons. The average molecular weight is 248 g/mol. The number of benzene rings is 1. The normalized spacial score (nSPS) is 12.4. The molecule has 1 aromatic heterocycles. The molecule has 0 aliphatic rings. The SMILES string of the molecule is CCOc1ccc(C(N)c2nc(C)cs2)cc1. The van der Waals surface area contributed by atoms with Gasteiger partial charge in [0.05, 0.1) is 12.6 Å². The molecule has 0 spiro atoms. The lowest BCUT2D eigenvalue weighted by atomic mass is 10.1. The maximum absolute atomic E-state index is 6.16. The maximum Gasteiger partial charge on any atom is 0.119 e. The zero-order valence-corrected chi connectivity index (χ0v) is 10.8. The second-order valence-corrected chi connectivity index (χ2v) is 4.70. The monoisotopic (exact) mass is 248 g/mol. The van der Waals surface area contributed by atoms with Crippen LogP contribution in [0.4, 0.5) is 0 Å². The Kier molecular flexibility index (Phi) is 3.76. The lowest BCUT2D eigenvalue weighted by molar-refractivity contribution is 0.340. The first kappa shape index (κ1) is 12.1. The molecular weight excluding hydrogens is 232 g/mol. The van der Waals surface area contributed by atoms with Crippen molar-refractivity contribution >= 4 is 11.3 Å². The van der Waals surface area contributed by atoms with Crippen molar-refractivity contribution in [2.24, 2.45) is 5.73 Å². The van der Waals surface area contributed by atoms with Gasteiger partial charge in [-0.05, 0) is 31.5 Å². The van der Waals surface area contributed by atoms with Crippen LogP contribution in [0, 0.1) is 6.92 Å². The van der Waals surface area contributed by atoms with Crippen molar-refractivity contribution in [3.05, 3.63) is 45.9 Å². The van der Waals surface area contributed by atoms with Crippen LogP contribution in [0.3, 0.4) is 0 Å². The van der Waals surface area contributed by atoms with Gasteiger partial charge in [0.15, 0.2) is 0 Å². The van der Waals surface area contributed by atoms with Gasteiger partial charge in [-0.15, -0.1) is 11.3 Å². The molecule has 0 radical (unpaired) electrons. The second kappa shape index (κ2) is 5.29. The smallest absolute Gasteiger partial charge is 0.119 e. The molecule has 1 atom stereocenters. The van der Waals surface area contributed by atoms with E-state index in [1.54, 1.807) is 11.3 Å². The molecule has 2 rings (SSSR count). The molecule has 1 unspecified atom stereocenters. The highest BCUT2D eigenvalue weighted by atomic mass is 32.1. The summed E-state index contributed by atoms with van der Waals surface area (Å²) in [7, 11) is 0. The van der Waals surface area contributed by atoms with E-state index in [-0.39, 0.29) is 6.04 Å². The number of aryl methyl sites for hydroxylation is 1. The molecule has 0 aliphatic carbocycles. The van der Waals surface area contributed by atoms with Gasteiger partial charge in [0.1, 0.15) is 10.8 Å². The molecule has 0 saturated heterocycles. The first-order chi connectivity index (χ1) is 8.20. The lowest BCUT2D eigenvalue weighted by Gasteiger charge is -2.10. The quantitative estimate of drug-likeness (QED) is 0.905. The third-order valence-corrected chi connectivity index (χ3v) is 3.50. The highest BCUT2D eigenvalue weighted by Gasteiger charge is 2.12. The van der Waals surface area contributed by atoms with Crippen molar-refractivity contribution in [2.45, 2.75) is 19.9 Å². The van der Waals surface area contributed by atoms with Crippen LogP contribution < -0.4 is 10.5 Å². The van der Waals surface area contributed by atoms with Crippen LogP contribution in [-0.2, 0) is 0 Å². The molecule has 0 saturated carbocycles. The highest BCUT2D eigenvalue weighted by molar-refractivity contribution is 7.09. The fourth-order valence-corrected chi connectivity index (χ4v) is 2.42. The summed E-state index contributed by atoms with van der Waals surface area (Å²) in [5.74, 6) is 0.874. The number of hydrogen-bond donors (Lipinski definition) is 1. The van der Waals surface area contributed by atoms with Crippen molar-refractivity contribution in [3.8, 4) is 5.75 Å². The predicted molar refractivity (Wildman–Crippen MR) is 70.5 cm³/mol. The summed E-state index contributed by atoms with van der Waals surface area (Å²) in [5.41, 5.74) is 8.24. The van der Waals surface area contributed by atoms with Crippen LogP contribution in [-0.4, -0.2) is 11.6 Å².